The maximum atomic E-state index is 11.0. The predicted octanol–water partition coefficient (Wildman–Crippen LogP) is 2.42. The summed E-state index contributed by atoms with van der Waals surface area (Å²) < 4.78 is 7.18. The van der Waals surface area contributed by atoms with E-state index in [9.17, 15) is 4.79 Å². The van der Waals surface area contributed by atoms with E-state index in [0.29, 0.717) is 0 Å². The molecule has 0 amide bonds. The molecule has 104 valence electrons. The van der Waals surface area contributed by atoms with E-state index in [0.717, 1.165) is 29.7 Å². The molecule has 0 radical (unpaired) electrons. The van der Waals surface area contributed by atoms with E-state index in [1.165, 1.54) is 0 Å². The van der Waals surface area contributed by atoms with Crippen LogP contribution in [0.15, 0.2) is 30.3 Å². The number of methoxy groups -OCH3 is 1. The van der Waals surface area contributed by atoms with Gasteiger partial charge >= 0.3 is 5.97 Å². The molecule has 20 heavy (non-hydrogen) atoms. The number of hydrogen-bond donors (Lipinski definition) is 1. The number of aromatic carboxylic acids is 1. The van der Waals surface area contributed by atoms with Crippen LogP contribution in [0.1, 0.15) is 28.9 Å². The summed E-state index contributed by atoms with van der Waals surface area (Å²) in [5.41, 5.74) is 2.78. The highest BCUT2D eigenvalue weighted by molar-refractivity contribution is 5.87. The summed E-state index contributed by atoms with van der Waals surface area (Å²) >= 11 is 0. The summed E-state index contributed by atoms with van der Waals surface area (Å²) in [6.45, 7) is 0. The number of hydrogen-bond acceptors (Lipinski definition) is 3. The lowest BCUT2D eigenvalue weighted by molar-refractivity contribution is 0.0689. The molecule has 3 rings (SSSR count). The van der Waals surface area contributed by atoms with Crippen LogP contribution < -0.4 is 0 Å². The molecule has 1 aromatic heterocycles. The van der Waals surface area contributed by atoms with Gasteiger partial charge in [-0.15, -0.1) is 0 Å². The molecule has 1 aliphatic carbocycles. The second-order valence-electron chi connectivity index (χ2n) is 5.12. The Morgan fingerprint density at radius 2 is 2.15 bits per heavy atom. The molecule has 0 spiro atoms. The molecule has 0 aliphatic heterocycles. The van der Waals surface area contributed by atoms with Crippen molar-refractivity contribution < 1.29 is 14.6 Å². The molecule has 1 aliphatic rings. The van der Waals surface area contributed by atoms with Gasteiger partial charge in [0.25, 0.3) is 0 Å². The third kappa shape index (κ3) is 2.00. The van der Waals surface area contributed by atoms with Crippen LogP contribution in [0.2, 0.25) is 0 Å². The van der Waals surface area contributed by atoms with Crippen molar-refractivity contribution in [2.24, 2.45) is 7.05 Å². The largest absolute Gasteiger partial charge is 0.476 e. The van der Waals surface area contributed by atoms with Crippen molar-refractivity contribution >= 4 is 5.97 Å². The molecule has 0 unspecified atom stereocenters. The third-order valence-corrected chi connectivity index (χ3v) is 3.88. The number of carboxylic acid groups (broad SMARTS) is 1. The predicted molar refractivity (Wildman–Crippen MR) is 73.5 cm³/mol. The van der Waals surface area contributed by atoms with E-state index in [1.807, 2.05) is 12.1 Å². The molecule has 0 atom stereocenters. The molecule has 1 N–H and O–H groups in total. The first kappa shape index (κ1) is 12.9. The summed E-state index contributed by atoms with van der Waals surface area (Å²) in [5, 5.41) is 13.0. The molecule has 1 saturated carbocycles. The van der Waals surface area contributed by atoms with Crippen LogP contribution in [0.5, 0.6) is 0 Å². The Labute approximate surface area is 116 Å². The Balaban J connectivity index is 2.03. The van der Waals surface area contributed by atoms with Crippen molar-refractivity contribution in [3.63, 3.8) is 0 Å². The molecule has 1 heterocycles. The summed E-state index contributed by atoms with van der Waals surface area (Å²) in [6, 6.07) is 9.62. The number of rotatable bonds is 4. The van der Waals surface area contributed by atoms with Gasteiger partial charge in [0, 0.05) is 19.7 Å². The molecular weight excluding hydrogens is 256 g/mol. The average molecular weight is 272 g/mol. The van der Waals surface area contributed by atoms with Crippen LogP contribution in [-0.2, 0) is 17.4 Å². The monoisotopic (exact) mass is 272 g/mol. The fourth-order valence-electron chi connectivity index (χ4n) is 2.53. The third-order valence-electron chi connectivity index (χ3n) is 3.88. The van der Waals surface area contributed by atoms with Gasteiger partial charge in [-0.1, -0.05) is 18.2 Å². The molecule has 5 heteroatoms. The summed E-state index contributed by atoms with van der Waals surface area (Å²) in [5.74, 6) is -1.02. The summed E-state index contributed by atoms with van der Waals surface area (Å²) in [4.78, 5) is 11.0. The van der Waals surface area contributed by atoms with Gasteiger partial charge in [-0.3, -0.25) is 4.68 Å². The SMILES string of the molecule is COC1(c2cccc(-c3cc(C(=O)O)nn3C)c2)CC1. The summed E-state index contributed by atoms with van der Waals surface area (Å²) in [7, 11) is 3.48. The van der Waals surface area contributed by atoms with Crippen molar-refractivity contribution in [3.8, 4) is 11.3 Å². The second kappa shape index (κ2) is 4.45. The Bertz CT molecular complexity index is 672. The number of carbonyl (C=O) groups is 1. The highest BCUT2D eigenvalue weighted by Crippen LogP contribution is 2.49. The minimum atomic E-state index is -1.02. The van der Waals surface area contributed by atoms with Crippen LogP contribution in [0.4, 0.5) is 0 Å². The second-order valence-corrected chi connectivity index (χ2v) is 5.12. The van der Waals surface area contributed by atoms with E-state index in [-0.39, 0.29) is 11.3 Å². The van der Waals surface area contributed by atoms with Crippen molar-refractivity contribution in [1.29, 1.82) is 0 Å². The molecular formula is C15H16N2O3. The minimum Gasteiger partial charge on any atom is -0.476 e. The Kier molecular flexibility index (Phi) is 2.87. The number of benzene rings is 1. The fourth-order valence-corrected chi connectivity index (χ4v) is 2.53. The van der Waals surface area contributed by atoms with Crippen LogP contribution in [0.3, 0.4) is 0 Å². The van der Waals surface area contributed by atoms with E-state index in [4.69, 9.17) is 9.84 Å². The van der Waals surface area contributed by atoms with Crippen molar-refractivity contribution in [2.75, 3.05) is 7.11 Å². The van der Waals surface area contributed by atoms with Crippen LogP contribution in [0, 0.1) is 0 Å². The van der Waals surface area contributed by atoms with Gasteiger partial charge in [-0.2, -0.15) is 5.10 Å². The molecule has 1 fully saturated rings. The lowest BCUT2D eigenvalue weighted by Gasteiger charge is -2.14. The van der Waals surface area contributed by atoms with Crippen molar-refractivity contribution in [3.05, 3.63) is 41.6 Å². The minimum absolute atomic E-state index is 0.0563. The number of carboxylic acids is 1. The van der Waals surface area contributed by atoms with Gasteiger partial charge in [0.05, 0.1) is 11.3 Å². The zero-order valence-electron chi connectivity index (χ0n) is 11.5. The Morgan fingerprint density at radius 1 is 1.40 bits per heavy atom. The maximum absolute atomic E-state index is 11.0. The van der Waals surface area contributed by atoms with Crippen LogP contribution >= 0.6 is 0 Å². The van der Waals surface area contributed by atoms with Gasteiger partial charge < -0.3 is 9.84 Å². The van der Waals surface area contributed by atoms with Crippen molar-refractivity contribution in [2.45, 2.75) is 18.4 Å². The van der Waals surface area contributed by atoms with Gasteiger partial charge in [0.15, 0.2) is 5.69 Å². The van der Waals surface area contributed by atoms with Gasteiger partial charge in [-0.25, -0.2) is 4.79 Å². The first-order valence-corrected chi connectivity index (χ1v) is 6.49. The maximum Gasteiger partial charge on any atom is 0.356 e. The molecule has 0 saturated heterocycles. The number of aryl methyl sites for hydroxylation is 1. The van der Waals surface area contributed by atoms with Crippen LogP contribution in [-0.4, -0.2) is 28.0 Å². The highest BCUT2D eigenvalue weighted by atomic mass is 16.5. The molecule has 1 aromatic carbocycles. The van der Waals surface area contributed by atoms with Crippen molar-refractivity contribution in [1.82, 2.24) is 9.78 Å². The smallest absolute Gasteiger partial charge is 0.356 e. The van der Waals surface area contributed by atoms with Gasteiger partial charge in [-0.05, 0) is 30.5 Å². The number of nitrogens with zero attached hydrogens (tertiary/aromatic N) is 2. The normalized spacial score (nSPS) is 16.1. The summed E-state index contributed by atoms with van der Waals surface area (Å²) in [6.07, 6.45) is 2.05. The Morgan fingerprint density at radius 3 is 2.70 bits per heavy atom. The average Bonchev–Trinajstić information content (AvgIpc) is 3.15. The Hall–Kier alpha value is -2.14. The lowest BCUT2D eigenvalue weighted by Crippen LogP contribution is -2.08. The van der Waals surface area contributed by atoms with Gasteiger partial charge in [0.2, 0.25) is 0 Å². The van der Waals surface area contributed by atoms with E-state index in [2.05, 4.69) is 17.2 Å². The van der Waals surface area contributed by atoms with E-state index in [1.54, 1.807) is 24.9 Å². The zero-order valence-corrected chi connectivity index (χ0v) is 11.5. The standard InChI is InChI=1S/C15H16N2O3/c1-17-13(9-12(16-17)14(18)19)10-4-3-5-11(8-10)15(20-2)6-7-15/h3-5,8-9H,6-7H2,1-2H3,(H,18,19). The number of ether oxygens (including phenoxy) is 1. The highest BCUT2D eigenvalue weighted by Gasteiger charge is 2.44. The van der Waals surface area contributed by atoms with Gasteiger partial charge in [0.1, 0.15) is 0 Å². The van der Waals surface area contributed by atoms with Crippen LogP contribution in [0.25, 0.3) is 11.3 Å². The first-order chi connectivity index (χ1) is 9.55. The molecule has 2 aromatic rings. The topological polar surface area (TPSA) is 64.3 Å². The van der Waals surface area contributed by atoms with E-state index >= 15 is 0 Å². The fraction of sp³-hybridized carbons (Fsp3) is 0.333. The quantitative estimate of drug-likeness (QED) is 0.928. The first-order valence-electron chi connectivity index (χ1n) is 6.49. The lowest BCUT2D eigenvalue weighted by atomic mass is 10.0. The zero-order chi connectivity index (χ0) is 14.3. The molecule has 0 bridgehead atoms. The number of aromatic nitrogens is 2. The van der Waals surface area contributed by atoms with E-state index < -0.39 is 5.97 Å². The molecule has 5 nitrogen and oxygen atoms in total.